The minimum Gasteiger partial charge on any atom is -0.486 e. The normalized spacial score (nSPS) is 16.5. The number of halogens is 1. The zero-order chi connectivity index (χ0) is 26.0. The molecule has 0 spiro atoms. The maximum atomic E-state index is 14.0. The van der Waals surface area contributed by atoms with Crippen LogP contribution in [0.5, 0.6) is 5.75 Å². The summed E-state index contributed by atoms with van der Waals surface area (Å²) in [4.78, 5) is 15.9. The molecule has 6 heteroatoms. The van der Waals surface area contributed by atoms with Crippen LogP contribution in [-0.4, -0.2) is 35.2 Å². The number of aliphatic hydroxyl groups is 1. The van der Waals surface area contributed by atoms with Gasteiger partial charge in [-0.15, -0.1) is 0 Å². The Balaban J connectivity index is 0.00000156. The summed E-state index contributed by atoms with van der Waals surface area (Å²) < 4.78 is 20.5. The lowest BCUT2D eigenvalue weighted by atomic mass is 9.98. The van der Waals surface area contributed by atoms with Crippen LogP contribution in [0.25, 0.3) is 0 Å². The van der Waals surface area contributed by atoms with Crippen molar-refractivity contribution in [2.45, 2.75) is 31.7 Å². The first-order valence-electron chi connectivity index (χ1n) is 12.2. The highest BCUT2D eigenvalue weighted by Gasteiger charge is 2.38. The number of hydrogen-bond donors (Lipinski definition) is 2. The Morgan fingerprint density at radius 2 is 1.30 bits per heavy atom. The zero-order valence-electron chi connectivity index (χ0n) is 20.8. The first-order valence-corrected chi connectivity index (χ1v) is 12.2. The third-order valence-electron chi connectivity index (χ3n) is 6.23. The van der Waals surface area contributed by atoms with E-state index in [0.29, 0.717) is 30.9 Å². The number of carbonyl (C=O) groups is 1. The number of anilines is 1. The van der Waals surface area contributed by atoms with Gasteiger partial charge in [-0.25, -0.2) is 4.39 Å². The highest BCUT2D eigenvalue weighted by atomic mass is 19.1. The minimum absolute atomic E-state index is 0.206. The Kier molecular flexibility index (Phi) is 9.03. The van der Waals surface area contributed by atoms with E-state index >= 15 is 0 Å². The van der Waals surface area contributed by atoms with E-state index in [0.717, 1.165) is 23.8 Å². The Morgan fingerprint density at radius 3 is 1.84 bits per heavy atom. The number of carbonyl (C=O) groups excluding carboxylic acids is 1. The second-order valence-electron chi connectivity index (χ2n) is 8.80. The van der Waals surface area contributed by atoms with Crippen LogP contribution in [0.2, 0.25) is 0 Å². The molecule has 2 N–H and O–H groups in total. The topological polar surface area (TPSA) is 61.8 Å². The van der Waals surface area contributed by atoms with Gasteiger partial charge in [0, 0.05) is 32.7 Å². The monoisotopic (exact) mass is 498 g/mol. The lowest BCUT2D eigenvalue weighted by Gasteiger charge is -2.34. The average Bonchev–Trinajstić information content (AvgIpc) is 3.06. The quantitative estimate of drug-likeness (QED) is 0.356. The van der Waals surface area contributed by atoms with Gasteiger partial charge in [-0.05, 0) is 28.8 Å². The standard InChI is InChI=1S/C30H27FN2O2.CH4O/c31-25-16-17-27-26(19-25)32-30(34)29(28(35-27)18-22-10-4-1-5-11-22)33(20-23-12-6-2-7-13-23)21-24-14-8-3-9-15-24;1-2/h1-17,19,28-29H,18,20-21H2,(H,32,34);2H,1H3/t28-,29+;/m1./s1. The Labute approximate surface area is 217 Å². The van der Waals surface area contributed by atoms with Crippen molar-refractivity contribution in [3.63, 3.8) is 0 Å². The Bertz CT molecular complexity index is 1230. The number of fused-ring (bicyclic) bond motifs is 1. The number of nitrogens with zero attached hydrogens (tertiary/aromatic N) is 1. The molecule has 2 atom stereocenters. The number of rotatable bonds is 7. The zero-order valence-corrected chi connectivity index (χ0v) is 20.8. The van der Waals surface area contributed by atoms with Crippen molar-refractivity contribution in [2.75, 3.05) is 12.4 Å². The van der Waals surface area contributed by atoms with E-state index in [-0.39, 0.29) is 5.91 Å². The van der Waals surface area contributed by atoms with Gasteiger partial charge in [0.15, 0.2) is 0 Å². The van der Waals surface area contributed by atoms with Gasteiger partial charge in [0.25, 0.3) is 0 Å². The molecule has 37 heavy (non-hydrogen) atoms. The first kappa shape index (κ1) is 26.1. The number of amides is 1. The molecule has 0 radical (unpaired) electrons. The molecule has 4 aromatic carbocycles. The fourth-order valence-electron chi connectivity index (χ4n) is 4.59. The molecule has 0 unspecified atom stereocenters. The lowest BCUT2D eigenvalue weighted by molar-refractivity contribution is -0.124. The van der Waals surface area contributed by atoms with Gasteiger partial charge < -0.3 is 15.2 Å². The highest BCUT2D eigenvalue weighted by Crippen LogP contribution is 2.33. The largest absolute Gasteiger partial charge is 0.486 e. The molecule has 1 aliphatic rings. The van der Waals surface area contributed by atoms with E-state index in [4.69, 9.17) is 9.84 Å². The van der Waals surface area contributed by atoms with Gasteiger partial charge in [0.2, 0.25) is 5.91 Å². The molecular weight excluding hydrogens is 467 g/mol. The van der Waals surface area contributed by atoms with Crippen molar-refractivity contribution < 1.29 is 19.0 Å². The molecule has 0 saturated carbocycles. The minimum atomic E-state index is -0.605. The summed E-state index contributed by atoms with van der Waals surface area (Å²) in [7, 11) is 1.00. The van der Waals surface area contributed by atoms with Crippen molar-refractivity contribution in [2.24, 2.45) is 0 Å². The molecule has 190 valence electrons. The molecule has 1 heterocycles. The number of benzene rings is 4. The average molecular weight is 499 g/mol. The summed E-state index contributed by atoms with van der Waals surface area (Å²) in [6, 6.07) is 33.9. The second-order valence-corrected chi connectivity index (χ2v) is 8.80. The number of hydrogen-bond acceptors (Lipinski definition) is 4. The van der Waals surface area contributed by atoms with Gasteiger partial charge in [0.05, 0.1) is 5.69 Å². The second kappa shape index (κ2) is 12.8. The van der Waals surface area contributed by atoms with Gasteiger partial charge >= 0.3 is 0 Å². The van der Waals surface area contributed by atoms with E-state index in [9.17, 15) is 9.18 Å². The van der Waals surface area contributed by atoms with Crippen LogP contribution in [0.3, 0.4) is 0 Å². The molecule has 5 nitrogen and oxygen atoms in total. The molecule has 0 fully saturated rings. The van der Waals surface area contributed by atoms with Crippen molar-refractivity contribution >= 4 is 11.6 Å². The van der Waals surface area contributed by atoms with Gasteiger partial charge in [-0.2, -0.15) is 0 Å². The SMILES string of the molecule is CO.O=C1Nc2cc(F)ccc2O[C@H](Cc2ccccc2)[C@@H]1N(Cc1ccccc1)Cc1ccccc1. The van der Waals surface area contributed by atoms with Crippen LogP contribution in [-0.2, 0) is 24.3 Å². The van der Waals surface area contributed by atoms with Crippen molar-refractivity contribution in [1.29, 1.82) is 0 Å². The van der Waals surface area contributed by atoms with E-state index in [1.165, 1.54) is 12.1 Å². The summed E-state index contributed by atoms with van der Waals surface area (Å²) in [6.07, 6.45) is 0.0621. The van der Waals surface area contributed by atoms with Crippen LogP contribution in [0.1, 0.15) is 16.7 Å². The maximum Gasteiger partial charge on any atom is 0.245 e. The Hall–Kier alpha value is -4.00. The molecule has 4 aromatic rings. The molecule has 0 aliphatic carbocycles. The predicted octanol–water partition coefficient (Wildman–Crippen LogP) is 5.45. The fraction of sp³-hybridized carbons (Fsp3) is 0.194. The molecule has 0 saturated heterocycles. The van der Waals surface area contributed by atoms with Crippen LogP contribution in [0, 0.1) is 5.82 Å². The lowest BCUT2D eigenvalue weighted by Crippen LogP contribution is -2.52. The Morgan fingerprint density at radius 1 is 0.784 bits per heavy atom. The summed E-state index contributed by atoms with van der Waals surface area (Å²) in [5.74, 6) is -0.152. The van der Waals surface area contributed by atoms with E-state index in [1.807, 2.05) is 66.7 Å². The number of nitrogens with one attached hydrogen (secondary N) is 1. The van der Waals surface area contributed by atoms with E-state index < -0.39 is 18.0 Å². The smallest absolute Gasteiger partial charge is 0.245 e. The van der Waals surface area contributed by atoms with Crippen molar-refractivity contribution in [3.05, 3.63) is 132 Å². The van der Waals surface area contributed by atoms with E-state index in [1.54, 1.807) is 6.07 Å². The van der Waals surface area contributed by atoms with Gasteiger partial charge in [-0.3, -0.25) is 9.69 Å². The van der Waals surface area contributed by atoms with Crippen molar-refractivity contribution in [3.8, 4) is 5.75 Å². The molecule has 0 aromatic heterocycles. The van der Waals surface area contributed by atoms with Crippen LogP contribution in [0.4, 0.5) is 10.1 Å². The molecule has 5 rings (SSSR count). The third-order valence-corrected chi connectivity index (χ3v) is 6.23. The third kappa shape index (κ3) is 6.82. The fourth-order valence-corrected chi connectivity index (χ4v) is 4.59. The molecule has 0 bridgehead atoms. The van der Waals surface area contributed by atoms with Crippen LogP contribution < -0.4 is 10.1 Å². The van der Waals surface area contributed by atoms with Crippen LogP contribution >= 0.6 is 0 Å². The maximum absolute atomic E-state index is 14.0. The van der Waals surface area contributed by atoms with Crippen LogP contribution in [0.15, 0.2) is 109 Å². The molecule has 1 aliphatic heterocycles. The first-order chi connectivity index (χ1) is 18.2. The van der Waals surface area contributed by atoms with E-state index in [2.05, 4.69) is 34.5 Å². The summed E-state index contributed by atoms with van der Waals surface area (Å²) >= 11 is 0. The summed E-state index contributed by atoms with van der Waals surface area (Å²) in [6.45, 7) is 1.13. The number of aliphatic hydroxyl groups excluding tert-OH is 1. The predicted molar refractivity (Wildman–Crippen MR) is 144 cm³/mol. The molecular formula is C31H31FN2O3. The summed E-state index contributed by atoms with van der Waals surface area (Å²) in [5.41, 5.74) is 3.63. The highest BCUT2D eigenvalue weighted by molar-refractivity contribution is 5.97. The van der Waals surface area contributed by atoms with Gasteiger partial charge in [0.1, 0.15) is 23.7 Å². The van der Waals surface area contributed by atoms with Gasteiger partial charge in [-0.1, -0.05) is 91.0 Å². The summed E-state index contributed by atoms with van der Waals surface area (Å²) in [5, 5.41) is 9.94. The number of ether oxygens (including phenoxy) is 1. The molecule has 1 amide bonds. The van der Waals surface area contributed by atoms with Crippen molar-refractivity contribution in [1.82, 2.24) is 4.90 Å².